The molecular weight excluding hydrogens is 321 g/mol. The molecule has 0 spiro atoms. The van der Waals surface area contributed by atoms with Gasteiger partial charge in [-0.25, -0.2) is 4.98 Å². The predicted molar refractivity (Wildman–Crippen MR) is 70.4 cm³/mol. The van der Waals surface area contributed by atoms with E-state index >= 15 is 0 Å². The lowest BCUT2D eigenvalue weighted by atomic mass is 10.1. The molecule has 8 heteroatoms. The zero-order valence-electron chi connectivity index (χ0n) is 11.3. The van der Waals surface area contributed by atoms with Gasteiger partial charge in [0.25, 0.3) is 0 Å². The number of aliphatic hydroxyl groups is 1. The zero-order valence-corrected chi connectivity index (χ0v) is 11.3. The van der Waals surface area contributed by atoms with Gasteiger partial charge in [0.15, 0.2) is 5.76 Å². The number of aliphatic hydroxyl groups excluding tert-OH is 1. The molecule has 0 saturated heterocycles. The number of ketones is 1. The number of hydrogen-bond donors (Lipinski definition) is 1. The summed E-state index contributed by atoms with van der Waals surface area (Å²) in [6, 6.07) is 8.07. The predicted octanol–water partition coefficient (Wildman–Crippen LogP) is 3.98. The quantitative estimate of drug-likeness (QED) is 0.489. The van der Waals surface area contributed by atoms with Gasteiger partial charge in [-0.1, -0.05) is 18.2 Å². The van der Waals surface area contributed by atoms with Crippen LogP contribution in [-0.4, -0.2) is 28.0 Å². The minimum atomic E-state index is -5.99. The number of hydrogen-bond acceptors (Lipinski definition) is 3. The first-order valence-corrected chi connectivity index (χ1v) is 6.43. The lowest BCUT2D eigenvalue weighted by molar-refractivity contribution is -0.274. The van der Waals surface area contributed by atoms with Crippen molar-refractivity contribution in [1.82, 2.24) is 4.98 Å². The molecule has 0 radical (unpaired) electrons. The van der Waals surface area contributed by atoms with Crippen molar-refractivity contribution >= 4 is 16.7 Å². The largest absolute Gasteiger partial charge is 0.506 e. The molecule has 0 unspecified atom stereocenters. The summed E-state index contributed by atoms with van der Waals surface area (Å²) < 4.78 is 63.5. The first-order valence-electron chi connectivity index (χ1n) is 6.43. The maximum Gasteiger partial charge on any atom is 0.461 e. The van der Waals surface area contributed by atoms with Crippen molar-refractivity contribution in [2.75, 3.05) is 0 Å². The highest BCUT2D eigenvalue weighted by Gasteiger charge is 2.62. The number of benzene rings is 1. The highest BCUT2D eigenvalue weighted by molar-refractivity contribution is 6.13. The molecule has 0 bridgehead atoms. The van der Waals surface area contributed by atoms with Gasteiger partial charge in [-0.2, -0.15) is 22.0 Å². The Bertz CT molecular complexity index is 855. The highest BCUT2D eigenvalue weighted by atomic mass is 19.4. The molecule has 1 heterocycles. The van der Waals surface area contributed by atoms with Gasteiger partial charge in [0.2, 0.25) is 5.78 Å². The summed E-state index contributed by atoms with van der Waals surface area (Å²) >= 11 is 0. The number of para-hydroxylation sites is 1. The van der Waals surface area contributed by atoms with Crippen LogP contribution in [0.1, 0.15) is 16.1 Å². The van der Waals surface area contributed by atoms with Crippen LogP contribution >= 0.6 is 0 Å². The fourth-order valence-electron chi connectivity index (χ4n) is 2.42. The number of allylic oxidation sites excluding steroid dienone is 2. The summed E-state index contributed by atoms with van der Waals surface area (Å²) in [5, 5.41) is 9.97. The normalized spacial score (nSPS) is 17.5. The highest BCUT2D eigenvalue weighted by Crippen LogP contribution is 2.43. The lowest BCUT2D eigenvalue weighted by Crippen LogP contribution is -2.39. The van der Waals surface area contributed by atoms with Crippen molar-refractivity contribution in [2.24, 2.45) is 0 Å². The van der Waals surface area contributed by atoms with Crippen LogP contribution in [0.3, 0.4) is 0 Å². The lowest BCUT2D eigenvalue weighted by Gasteiger charge is -2.19. The van der Waals surface area contributed by atoms with Crippen molar-refractivity contribution in [3.8, 4) is 0 Å². The molecule has 0 atom stereocenters. The molecule has 1 aromatic heterocycles. The molecule has 1 N–H and O–H groups in total. The Morgan fingerprint density at radius 3 is 2.43 bits per heavy atom. The first-order chi connectivity index (χ1) is 10.6. The van der Waals surface area contributed by atoms with Crippen LogP contribution < -0.4 is 0 Å². The fraction of sp³-hybridized carbons (Fsp3) is 0.200. The molecule has 0 saturated carbocycles. The van der Waals surface area contributed by atoms with Gasteiger partial charge in [-0.3, -0.25) is 4.79 Å². The van der Waals surface area contributed by atoms with E-state index in [-0.39, 0.29) is 11.3 Å². The summed E-state index contributed by atoms with van der Waals surface area (Å²) in [6.07, 6.45) is -6.51. The van der Waals surface area contributed by atoms with Crippen molar-refractivity contribution in [3.63, 3.8) is 0 Å². The summed E-state index contributed by atoms with van der Waals surface area (Å²) in [7, 11) is 0. The van der Waals surface area contributed by atoms with E-state index in [9.17, 15) is 31.9 Å². The molecule has 0 fully saturated rings. The Balaban J connectivity index is 2.14. The molecule has 0 aliphatic heterocycles. The number of carbonyl (C=O) groups is 1. The second kappa shape index (κ2) is 4.74. The average Bonchev–Trinajstić information content (AvgIpc) is 2.79. The minimum absolute atomic E-state index is 0.202. The maximum atomic E-state index is 13.2. The van der Waals surface area contributed by atoms with Crippen LogP contribution in [0.5, 0.6) is 0 Å². The van der Waals surface area contributed by atoms with Crippen LogP contribution in [0.25, 0.3) is 10.9 Å². The molecule has 3 nitrogen and oxygen atoms in total. The third-order valence-corrected chi connectivity index (χ3v) is 3.60. The van der Waals surface area contributed by atoms with Crippen LogP contribution in [0.2, 0.25) is 0 Å². The van der Waals surface area contributed by atoms with Crippen LogP contribution in [0.15, 0.2) is 41.7 Å². The van der Waals surface area contributed by atoms with E-state index in [2.05, 4.69) is 4.98 Å². The van der Waals surface area contributed by atoms with Crippen molar-refractivity contribution in [1.29, 1.82) is 0 Å². The van der Waals surface area contributed by atoms with E-state index in [0.717, 1.165) is 0 Å². The Kier molecular flexibility index (Phi) is 3.17. The third-order valence-electron chi connectivity index (χ3n) is 3.60. The number of halogens is 5. The van der Waals surface area contributed by atoms with E-state index in [1.807, 2.05) is 0 Å². The van der Waals surface area contributed by atoms with Crippen LogP contribution in [0, 0.1) is 0 Å². The number of rotatable bonds is 1. The van der Waals surface area contributed by atoms with Crippen molar-refractivity contribution in [3.05, 3.63) is 52.9 Å². The standard InChI is InChI=1S/C15H8F5NO2/c16-14(17,15(18,19)20)13(23)9-6-8-5-7-3-1-2-4-10(7)21-11(8)12(9)22/h1-5,23H,6H2/b13-9-. The summed E-state index contributed by atoms with van der Waals surface area (Å²) in [5.74, 6) is -8.87. The number of nitrogens with zero attached hydrogens (tertiary/aromatic N) is 1. The van der Waals surface area contributed by atoms with Crippen LogP contribution in [-0.2, 0) is 6.42 Å². The topological polar surface area (TPSA) is 50.2 Å². The smallest absolute Gasteiger partial charge is 0.461 e. The Morgan fingerprint density at radius 1 is 1.13 bits per heavy atom. The average molecular weight is 329 g/mol. The Morgan fingerprint density at radius 2 is 1.78 bits per heavy atom. The minimum Gasteiger partial charge on any atom is -0.506 e. The van der Waals surface area contributed by atoms with Gasteiger partial charge >= 0.3 is 12.1 Å². The van der Waals surface area contributed by atoms with Gasteiger partial charge in [0.05, 0.1) is 11.1 Å². The van der Waals surface area contributed by atoms with Crippen molar-refractivity contribution in [2.45, 2.75) is 18.5 Å². The number of aromatic nitrogens is 1. The third kappa shape index (κ3) is 2.25. The number of alkyl halides is 5. The second-order valence-electron chi connectivity index (χ2n) is 5.09. The Labute approximate surface area is 126 Å². The molecule has 1 aliphatic rings. The van der Waals surface area contributed by atoms with Crippen molar-refractivity contribution < 1.29 is 31.9 Å². The maximum absolute atomic E-state index is 13.2. The summed E-state index contributed by atoms with van der Waals surface area (Å²) in [4.78, 5) is 16.1. The zero-order chi connectivity index (χ0) is 17.0. The summed E-state index contributed by atoms with van der Waals surface area (Å²) in [5.41, 5.74) is -0.593. The second-order valence-corrected chi connectivity index (χ2v) is 5.09. The molecule has 3 rings (SSSR count). The van der Waals surface area contributed by atoms with E-state index in [1.165, 1.54) is 6.07 Å². The van der Waals surface area contributed by atoms with Gasteiger partial charge in [-0.15, -0.1) is 0 Å². The van der Waals surface area contributed by atoms with Crippen LogP contribution in [0.4, 0.5) is 22.0 Å². The van der Waals surface area contributed by atoms with E-state index in [1.54, 1.807) is 24.3 Å². The molecule has 23 heavy (non-hydrogen) atoms. The van der Waals surface area contributed by atoms with Gasteiger partial charge < -0.3 is 5.11 Å². The van der Waals surface area contributed by atoms with Gasteiger partial charge in [0.1, 0.15) is 5.69 Å². The van der Waals surface area contributed by atoms with Gasteiger partial charge in [0, 0.05) is 11.8 Å². The number of pyridine rings is 1. The van der Waals surface area contributed by atoms with Gasteiger partial charge in [-0.05, 0) is 17.7 Å². The molecule has 120 valence electrons. The van der Waals surface area contributed by atoms with E-state index < -0.39 is 35.6 Å². The number of carbonyl (C=O) groups excluding carboxylic acids is 1. The SMILES string of the molecule is O=C1/C(=C(\O)C(F)(F)C(F)(F)F)Cc2cc3ccccc3nc21. The fourth-order valence-corrected chi connectivity index (χ4v) is 2.42. The molecule has 1 aliphatic carbocycles. The number of Topliss-reactive ketones (excluding diaryl/α,β-unsaturated/α-hetero) is 1. The van der Waals surface area contributed by atoms with E-state index in [4.69, 9.17) is 0 Å². The Hall–Kier alpha value is -2.51. The number of fused-ring (bicyclic) bond motifs is 2. The molecule has 0 amide bonds. The molecular formula is C15H8F5NO2. The molecule has 2 aromatic rings. The first kappa shape index (κ1) is 15.4. The summed E-state index contributed by atoms with van der Waals surface area (Å²) in [6.45, 7) is 0. The van der Waals surface area contributed by atoms with E-state index in [0.29, 0.717) is 10.9 Å². The monoisotopic (exact) mass is 329 g/mol. The molecule has 1 aromatic carbocycles.